The van der Waals surface area contributed by atoms with Crippen molar-refractivity contribution >= 4 is 16.0 Å². The number of rotatable bonds is 8. The summed E-state index contributed by atoms with van der Waals surface area (Å²) in [4.78, 5) is 11.1. The van der Waals surface area contributed by atoms with Gasteiger partial charge in [0.1, 0.15) is 11.8 Å². The van der Waals surface area contributed by atoms with Crippen LogP contribution in [0.25, 0.3) is 0 Å². The molecule has 0 amide bonds. The van der Waals surface area contributed by atoms with Crippen molar-refractivity contribution in [1.82, 2.24) is 4.72 Å². The van der Waals surface area contributed by atoms with E-state index in [1.165, 1.54) is 31.4 Å². The molecule has 0 spiro atoms. The molecular weight excluding hydrogens is 282 g/mol. The van der Waals surface area contributed by atoms with E-state index in [-0.39, 0.29) is 11.3 Å². The van der Waals surface area contributed by atoms with E-state index in [9.17, 15) is 13.2 Å². The third-order valence-corrected chi connectivity index (χ3v) is 4.30. The number of unbranched alkanes of at least 4 members (excludes halogenated alkanes) is 1. The summed E-state index contributed by atoms with van der Waals surface area (Å²) in [5, 5.41) is 9.05. The quantitative estimate of drug-likeness (QED) is 0.761. The molecule has 1 rings (SSSR count). The Hall–Kier alpha value is -1.60. The summed E-state index contributed by atoms with van der Waals surface area (Å²) in [7, 11) is -2.37. The average Bonchev–Trinajstić information content (AvgIpc) is 2.43. The highest BCUT2D eigenvalue weighted by Gasteiger charge is 2.24. The van der Waals surface area contributed by atoms with Crippen LogP contribution in [-0.2, 0) is 14.8 Å². The van der Waals surface area contributed by atoms with Crippen molar-refractivity contribution in [3.63, 3.8) is 0 Å². The maximum Gasteiger partial charge on any atom is 0.321 e. The molecule has 2 N–H and O–H groups in total. The molecule has 1 atom stereocenters. The standard InChI is InChI=1S/C13H19NO5S/c1-3-4-5-12(13(15)16)14-20(17,18)11-8-6-10(19-2)7-9-11/h6-9,12,14H,3-5H2,1-2H3,(H,15,16)/t12-/m0/s1. The molecule has 0 fully saturated rings. The zero-order valence-corrected chi connectivity index (χ0v) is 12.3. The van der Waals surface area contributed by atoms with Crippen LogP contribution in [0.15, 0.2) is 29.2 Å². The van der Waals surface area contributed by atoms with Gasteiger partial charge in [-0.2, -0.15) is 4.72 Å². The number of hydrogen-bond acceptors (Lipinski definition) is 4. The second-order valence-corrected chi connectivity index (χ2v) is 6.04. The molecule has 0 unspecified atom stereocenters. The minimum atomic E-state index is -3.85. The predicted molar refractivity (Wildman–Crippen MR) is 74.3 cm³/mol. The van der Waals surface area contributed by atoms with Crippen LogP contribution in [0.4, 0.5) is 0 Å². The number of methoxy groups -OCH3 is 1. The third kappa shape index (κ3) is 4.50. The van der Waals surface area contributed by atoms with Gasteiger partial charge in [-0.05, 0) is 30.7 Å². The minimum absolute atomic E-state index is 0.0149. The Balaban J connectivity index is 2.88. The van der Waals surface area contributed by atoms with Gasteiger partial charge in [0.2, 0.25) is 10.0 Å². The summed E-state index contributed by atoms with van der Waals surface area (Å²) in [6, 6.07) is 4.66. The number of hydrogen-bond donors (Lipinski definition) is 2. The Morgan fingerprint density at radius 1 is 1.35 bits per heavy atom. The number of sulfonamides is 1. The second kappa shape index (κ2) is 7.25. The summed E-state index contributed by atoms with van der Waals surface area (Å²) < 4.78 is 31.3. The lowest BCUT2D eigenvalue weighted by atomic mass is 10.1. The third-order valence-electron chi connectivity index (χ3n) is 2.81. The Morgan fingerprint density at radius 3 is 2.40 bits per heavy atom. The van der Waals surface area contributed by atoms with Crippen LogP contribution in [0.5, 0.6) is 5.75 Å². The Labute approximate surface area is 118 Å². The first kappa shape index (κ1) is 16.5. The van der Waals surface area contributed by atoms with Gasteiger partial charge in [-0.3, -0.25) is 4.79 Å². The molecule has 1 aromatic carbocycles. The van der Waals surface area contributed by atoms with Crippen molar-refractivity contribution in [3.05, 3.63) is 24.3 Å². The number of nitrogens with one attached hydrogen (secondary N) is 1. The van der Waals surface area contributed by atoms with Gasteiger partial charge in [0.05, 0.1) is 12.0 Å². The highest BCUT2D eigenvalue weighted by molar-refractivity contribution is 7.89. The first-order valence-electron chi connectivity index (χ1n) is 6.30. The summed E-state index contributed by atoms with van der Waals surface area (Å²) in [5.41, 5.74) is 0. The molecule has 6 nitrogen and oxygen atoms in total. The fourth-order valence-corrected chi connectivity index (χ4v) is 2.87. The molecule has 7 heteroatoms. The molecular formula is C13H19NO5S. The fourth-order valence-electron chi connectivity index (χ4n) is 1.65. The maximum atomic E-state index is 12.1. The summed E-state index contributed by atoms with van der Waals surface area (Å²) in [5.74, 6) is -0.639. The van der Waals surface area contributed by atoms with Gasteiger partial charge in [-0.25, -0.2) is 8.42 Å². The van der Waals surface area contributed by atoms with Crippen LogP contribution in [0.1, 0.15) is 26.2 Å². The molecule has 0 radical (unpaired) electrons. The zero-order chi connectivity index (χ0) is 15.2. The Kier molecular flexibility index (Phi) is 5.97. The van der Waals surface area contributed by atoms with E-state index in [1.807, 2.05) is 6.92 Å². The van der Waals surface area contributed by atoms with Crippen molar-refractivity contribution in [2.24, 2.45) is 0 Å². The summed E-state index contributed by atoms with van der Waals surface area (Å²) in [6.07, 6.45) is 1.71. The van der Waals surface area contributed by atoms with Gasteiger partial charge in [-0.15, -0.1) is 0 Å². The number of carboxylic acid groups (broad SMARTS) is 1. The van der Waals surface area contributed by atoms with Gasteiger partial charge >= 0.3 is 5.97 Å². The van der Waals surface area contributed by atoms with Crippen LogP contribution in [0.2, 0.25) is 0 Å². The highest BCUT2D eigenvalue weighted by atomic mass is 32.2. The number of aliphatic carboxylic acids is 1. The Morgan fingerprint density at radius 2 is 1.95 bits per heavy atom. The number of carbonyl (C=O) groups is 1. The number of benzene rings is 1. The minimum Gasteiger partial charge on any atom is -0.497 e. The van der Waals surface area contributed by atoms with E-state index in [0.29, 0.717) is 12.2 Å². The van der Waals surface area contributed by atoms with Crippen LogP contribution in [0, 0.1) is 0 Å². The van der Waals surface area contributed by atoms with E-state index in [2.05, 4.69) is 4.72 Å². The molecule has 0 bridgehead atoms. The molecule has 20 heavy (non-hydrogen) atoms. The van der Waals surface area contributed by atoms with Crippen molar-refractivity contribution < 1.29 is 23.1 Å². The highest BCUT2D eigenvalue weighted by Crippen LogP contribution is 2.16. The lowest BCUT2D eigenvalue weighted by Gasteiger charge is -2.14. The van der Waals surface area contributed by atoms with E-state index in [0.717, 1.165) is 6.42 Å². The van der Waals surface area contributed by atoms with Crippen molar-refractivity contribution in [2.75, 3.05) is 7.11 Å². The van der Waals surface area contributed by atoms with Crippen molar-refractivity contribution in [2.45, 2.75) is 37.1 Å². The van der Waals surface area contributed by atoms with Crippen LogP contribution < -0.4 is 9.46 Å². The lowest BCUT2D eigenvalue weighted by molar-refractivity contribution is -0.139. The summed E-state index contributed by atoms with van der Waals surface area (Å²) >= 11 is 0. The molecule has 0 aliphatic heterocycles. The molecule has 0 aliphatic carbocycles. The predicted octanol–water partition coefficient (Wildman–Crippen LogP) is 1.62. The molecule has 0 heterocycles. The van der Waals surface area contributed by atoms with Crippen LogP contribution >= 0.6 is 0 Å². The van der Waals surface area contributed by atoms with Gasteiger partial charge in [0.25, 0.3) is 0 Å². The first-order chi connectivity index (χ1) is 9.40. The maximum absolute atomic E-state index is 12.1. The molecule has 0 saturated carbocycles. The molecule has 0 saturated heterocycles. The Bertz CT molecular complexity index is 538. The normalized spacial score (nSPS) is 12.9. The molecule has 0 aliphatic rings. The molecule has 0 aromatic heterocycles. The van der Waals surface area contributed by atoms with Gasteiger partial charge in [-0.1, -0.05) is 19.8 Å². The van der Waals surface area contributed by atoms with E-state index >= 15 is 0 Å². The number of ether oxygens (including phenoxy) is 1. The average molecular weight is 301 g/mol. The van der Waals surface area contributed by atoms with Crippen LogP contribution in [-0.4, -0.2) is 32.6 Å². The van der Waals surface area contributed by atoms with Crippen molar-refractivity contribution in [1.29, 1.82) is 0 Å². The fraction of sp³-hybridized carbons (Fsp3) is 0.462. The van der Waals surface area contributed by atoms with Gasteiger partial charge in [0, 0.05) is 0 Å². The van der Waals surface area contributed by atoms with Crippen molar-refractivity contribution in [3.8, 4) is 5.75 Å². The number of carboxylic acids is 1. The monoisotopic (exact) mass is 301 g/mol. The topological polar surface area (TPSA) is 92.7 Å². The smallest absolute Gasteiger partial charge is 0.321 e. The van der Waals surface area contributed by atoms with E-state index < -0.39 is 22.0 Å². The zero-order valence-electron chi connectivity index (χ0n) is 11.5. The first-order valence-corrected chi connectivity index (χ1v) is 7.78. The lowest BCUT2D eigenvalue weighted by Crippen LogP contribution is -2.40. The van der Waals surface area contributed by atoms with Crippen LogP contribution in [0.3, 0.4) is 0 Å². The van der Waals surface area contributed by atoms with Gasteiger partial charge < -0.3 is 9.84 Å². The SMILES string of the molecule is CCCC[C@H](NS(=O)(=O)c1ccc(OC)cc1)C(=O)O. The largest absolute Gasteiger partial charge is 0.497 e. The van der Waals surface area contributed by atoms with E-state index in [4.69, 9.17) is 9.84 Å². The molecule has 1 aromatic rings. The summed E-state index contributed by atoms with van der Waals surface area (Å²) in [6.45, 7) is 1.91. The molecule has 112 valence electrons. The van der Waals surface area contributed by atoms with E-state index in [1.54, 1.807) is 0 Å². The second-order valence-electron chi connectivity index (χ2n) is 4.33. The van der Waals surface area contributed by atoms with Gasteiger partial charge in [0.15, 0.2) is 0 Å².